The Morgan fingerprint density at radius 1 is 1.38 bits per heavy atom. The summed E-state index contributed by atoms with van der Waals surface area (Å²) in [4.78, 5) is 0. The number of fused-ring (bicyclic) bond motifs is 1. The zero-order valence-corrected chi connectivity index (χ0v) is 13.6. The molecule has 3 rings (SSSR count). The van der Waals surface area contributed by atoms with Crippen molar-refractivity contribution in [1.29, 1.82) is 0 Å². The normalized spacial score (nSPS) is 15.0. The molecule has 1 atom stereocenters. The number of aromatic nitrogens is 2. The zero-order valence-electron chi connectivity index (χ0n) is 12.0. The molecule has 112 valence electrons. The summed E-state index contributed by atoms with van der Waals surface area (Å²) in [6.07, 6.45) is -0.217. The van der Waals surface area contributed by atoms with Gasteiger partial charge in [-0.25, -0.2) is 0 Å². The molecule has 1 unspecified atom stereocenters. The molecule has 0 aliphatic carbocycles. The van der Waals surface area contributed by atoms with Crippen molar-refractivity contribution in [1.82, 2.24) is 9.78 Å². The molecule has 0 amide bonds. The van der Waals surface area contributed by atoms with Gasteiger partial charge in [0, 0.05) is 19.0 Å². The van der Waals surface area contributed by atoms with Crippen LogP contribution in [0.2, 0.25) is 0 Å². The second-order valence-corrected chi connectivity index (χ2v) is 5.85. The molecule has 0 saturated heterocycles. The SMILES string of the molecule is Cc1nn(C)c(CC(O)c2cccc3c2OCCO3)c1Br. The smallest absolute Gasteiger partial charge is 0.167 e. The highest BCUT2D eigenvalue weighted by molar-refractivity contribution is 9.10. The molecule has 1 aromatic heterocycles. The van der Waals surface area contributed by atoms with Gasteiger partial charge in [0.1, 0.15) is 13.2 Å². The Morgan fingerprint density at radius 2 is 2.14 bits per heavy atom. The standard InChI is InChI=1S/C15H17BrN2O3/c1-9-14(16)11(18(2)17-9)8-12(19)10-4-3-5-13-15(10)21-7-6-20-13/h3-5,12,19H,6-8H2,1-2H3. The molecule has 1 N–H and O–H groups in total. The van der Waals surface area contributed by atoms with E-state index in [0.717, 1.165) is 21.4 Å². The predicted octanol–water partition coefficient (Wildman–Crippen LogP) is 2.54. The first-order valence-electron chi connectivity index (χ1n) is 6.82. The Labute approximate surface area is 131 Å². The maximum atomic E-state index is 10.6. The third-order valence-corrected chi connectivity index (χ3v) is 4.64. The van der Waals surface area contributed by atoms with E-state index in [1.165, 1.54) is 0 Å². The monoisotopic (exact) mass is 352 g/mol. The van der Waals surface area contributed by atoms with E-state index in [9.17, 15) is 5.11 Å². The predicted molar refractivity (Wildman–Crippen MR) is 81.7 cm³/mol. The van der Waals surface area contributed by atoms with Crippen molar-refractivity contribution < 1.29 is 14.6 Å². The lowest BCUT2D eigenvalue weighted by molar-refractivity contribution is 0.145. The van der Waals surface area contributed by atoms with Gasteiger partial charge >= 0.3 is 0 Å². The van der Waals surface area contributed by atoms with Crippen molar-refractivity contribution in [2.75, 3.05) is 13.2 Å². The first-order valence-corrected chi connectivity index (χ1v) is 7.61. The zero-order chi connectivity index (χ0) is 15.0. The summed E-state index contributed by atoms with van der Waals surface area (Å²) in [5, 5.41) is 14.9. The molecule has 0 radical (unpaired) electrons. The van der Waals surface area contributed by atoms with Gasteiger partial charge in [0.15, 0.2) is 11.5 Å². The molecule has 6 heteroatoms. The number of hydrogen-bond acceptors (Lipinski definition) is 4. The molecule has 21 heavy (non-hydrogen) atoms. The minimum absolute atomic E-state index is 0.456. The minimum Gasteiger partial charge on any atom is -0.486 e. The van der Waals surface area contributed by atoms with E-state index >= 15 is 0 Å². The molecular weight excluding hydrogens is 336 g/mol. The van der Waals surface area contributed by atoms with Gasteiger partial charge in [-0.05, 0) is 28.9 Å². The van der Waals surface area contributed by atoms with Crippen LogP contribution in [0, 0.1) is 6.92 Å². The third kappa shape index (κ3) is 2.65. The van der Waals surface area contributed by atoms with Gasteiger partial charge in [-0.15, -0.1) is 0 Å². The molecule has 2 heterocycles. The summed E-state index contributed by atoms with van der Waals surface area (Å²) in [5.74, 6) is 1.34. The fraction of sp³-hybridized carbons (Fsp3) is 0.400. The first kappa shape index (κ1) is 14.4. The van der Waals surface area contributed by atoms with E-state index < -0.39 is 6.10 Å². The van der Waals surface area contributed by atoms with E-state index in [-0.39, 0.29) is 0 Å². The van der Waals surface area contributed by atoms with Crippen LogP contribution in [-0.4, -0.2) is 28.1 Å². The number of halogens is 1. The van der Waals surface area contributed by atoms with E-state index in [4.69, 9.17) is 9.47 Å². The third-order valence-electron chi connectivity index (χ3n) is 3.60. The van der Waals surface area contributed by atoms with Crippen LogP contribution in [0.1, 0.15) is 23.1 Å². The summed E-state index contributed by atoms with van der Waals surface area (Å²) in [6.45, 7) is 2.98. The largest absolute Gasteiger partial charge is 0.486 e. The van der Waals surface area contributed by atoms with E-state index in [1.54, 1.807) is 4.68 Å². The summed E-state index contributed by atoms with van der Waals surface area (Å²) < 4.78 is 13.9. The van der Waals surface area contributed by atoms with Gasteiger partial charge in [-0.1, -0.05) is 12.1 Å². The minimum atomic E-state index is -0.673. The van der Waals surface area contributed by atoms with Crippen molar-refractivity contribution >= 4 is 15.9 Å². The second kappa shape index (κ2) is 5.69. The topological polar surface area (TPSA) is 56.5 Å². The average Bonchev–Trinajstić information content (AvgIpc) is 2.73. The Balaban J connectivity index is 1.91. The maximum absolute atomic E-state index is 10.6. The number of benzene rings is 1. The van der Waals surface area contributed by atoms with Crippen molar-refractivity contribution in [2.24, 2.45) is 7.05 Å². The van der Waals surface area contributed by atoms with Crippen LogP contribution in [0.15, 0.2) is 22.7 Å². The molecule has 5 nitrogen and oxygen atoms in total. The lowest BCUT2D eigenvalue weighted by atomic mass is 10.0. The van der Waals surface area contributed by atoms with E-state index in [2.05, 4.69) is 21.0 Å². The number of aliphatic hydroxyl groups excluding tert-OH is 1. The van der Waals surface area contributed by atoms with Crippen LogP contribution in [0.5, 0.6) is 11.5 Å². The Hall–Kier alpha value is -1.53. The summed E-state index contributed by atoms with van der Waals surface area (Å²) in [5.41, 5.74) is 2.61. The highest BCUT2D eigenvalue weighted by Crippen LogP contribution is 2.38. The summed E-state index contributed by atoms with van der Waals surface area (Å²) in [6, 6.07) is 5.60. The van der Waals surface area contributed by atoms with Crippen molar-refractivity contribution in [3.8, 4) is 11.5 Å². The number of rotatable bonds is 3. The second-order valence-electron chi connectivity index (χ2n) is 5.06. The molecule has 1 aromatic carbocycles. The fourth-order valence-electron chi connectivity index (χ4n) is 2.55. The molecule has 1 aliphatic rings. The quantitative estimate of drug-likeness (QED) is 0.922. The number of aliphatic hydroxyl groups is 1. The Bertz CT molecular complexity index is 669. The molecule has 0 saturated carbocycles. The van der Waals surface area contributed by atoms with Crippen molar-refractivity contribution in [2.45, 2.75) is 19.4 Å². The van der Waals surface area contributed by atoms with Gasteiger partial charge in [0.2, 0.25) is 0 Å². The summed E-state index contributed by atoms with van der Waals surface area (Å²) >= 11 is 3.53. The van der Waals surface area contributed by atoms with Gasteiger partial charge in [0.25, 0.3) is 0 Å². The van der Waals surface area contributed by atoms with Crippen LogP contribution in [0.4, 0.5) is 0 Å². The Kier molecular flexibility index (Phi) is 3.91. The highest BCUT2D eigenvalue weighted by atomic mass is 79.9. The Morgan fingerprint density at radius 3 is 2.86 bits per heavy atom. The van der Waals surface area contributed by atoms with Crippen LogP contribution < -0.4 is 9.47 Å². The maximum Gasteiger partial charge on any atom is 0.167 e. The van der Waals surface area contributed by atoms with Gasteiger partial charge in [-0.2, -0.15) is 5.10 Å². The van der Waals surface area contributed by atoms with Crippen LogP contribution in [0.25, 0.3) is 0 Å². The lowest BCUT2D eigenvalue weighted by Crippen LogP contribution is -2.18. The number of hydrogen-bond donors (Lipinski definition) is 1. The van der Waals surface area contributed by atoms with Gasteiger partial charge < -0.3 is 14.6 Å². The number of ether oxygens (including phenoxy) is 2. The van der Waals surface area contributed by atoms with Crippen LogP contribution in [0.3, 0.4) is 0 Å². The van der Waals surface area contributed by atoms with Gasteiger partial charge in [-0.3, -0.25) is 4.68 Å². The number of aryl methyl sites for hydroxylation is 2. The van der Waals surface area contributed by atoms with Crippen LogP contribution >= 0.6 is 15.9 Å². The molecule has 0 fully saturated rings. The fourth-order valence-corrected chi connectivity index (χ4v) is 3.05. The summed E-state index contributed by atoms with van der Waals surface area (Å²) in [7, 11) is 1.87. The molecule has 0 bridgehead atoms. The van der Waals surface area contributed by atoms with Crippen molar-refractivity contribution in [3.05, 3.63) is 39.6 Å². The van der Waals surface area contributed by atoms with Crippen LogP contribution in [-0.2, 0) is 13.5 Å². The molecule has 1 aliphatic heterocycles. The average molecular weight is 353 g/mol. The van der Waals surface area contributed by atoms with E-state index in [0.29, 0.717) is 31.1 Å². The van der Waals surface area contributed by atoms with E-state index in [1.807, 2.05) is 32.2 Å². The van der Waals surface area contributed by atoms with Crippen molar-refractivity contribution in [3.63, 3.8) is 0 Å². The first-order chi connectivity index (χ1) is 10.1. The number of nitrogens with zero attached hydrogens (tertiary/aromatic N) is 2. The molecule has 2 aromatic rings. The molecular formula is C15H17BrN2O3. The highest BCUT2D eigenvalue weighted by Gasteiger charge is 2.23. The van der Waals surface area contributed by atoms with Gasteiger partial charge in [0.05, 0.1) is 22.0 Å². The lowest BCUT2D eigenvalue weighted by Gasteiger charge is -2.23. The molecule has 0 spiro atoms. The number of para-hydroxylation sites is 1.